The van der Waals surface area contributed by atoms with Crippen molar-refractivity contribution in [3.63, 3.8) is 0 Å². The number of benzene rings is 2. The largest absolute Gasteiger partial charge is 0.453 e. The molecule has 2 aromatic rings. The van der Waals surface area contributed by atoms with Crippen LogP contribution in [-0.4, -0.2) is 20.1 Å². The zero-order valence-electron chi connectivity index (χ0n) is 13.6. The van der Waals surface area contributed by atoms with E-state index in [4.69, 9.17) is 16.3 Å². The summed E-state index contributed by atoms with van der Waals surface area (Å²) in [6.45, 7) is 1.34. The highest BCUT2D eigenvalue weighted by molar-refractivity contribution is 7.90. The number of alkyl halides is 3. The molecule has 27 heavy (non-hydrogen) atoms. The van der Waals surface area contributed by atoms with Crippen LogP contribution in [0.5, 0.6) is 11.5 Å². The Balaban J connectivity index is 2.30. The molecule has 0 aliphatic carbocycles. The number of sulfonamides is 1. The number of carbonyl (C=O) groups is 1. The lowest BCUT2D eigenvalue weighted by atomic mass is 10.2. The average Bonchev–Trinajstić information content (AvgIpc) is 2.57. The molecule has 0 atom stereocenters. The Morgan fingerprint density at radius 2 is 1.89 bits per heavy atom. The van der Waals surface area contributed by atoms with Crippen LogP contribution in [0.15, 0.2) is 36.4 Å². The van der Waals surface area contributed by atoms with Crippen molar-refractivity contribution in [1.29, 1.82) is 0 Å². The van der Waals surface area contributed by atoms with Crippen molar-refractivity contribution in [3.05, 3.63) is 58.4 Å². The van der Waals surface area contributed by atoms with Crippen LogP contribution >= 0.6 is 11.6 Å². The van der Waals surface area contributed by atoms with Gasteiger partial charge in [0.15, 0.2) is 11.6 Å². The Morgan fingerprint density at radius 3 is 2.44 bits per heavy atom. The first kappa shape index (κ1) is 21.0. The third kappa shape index (κ3) is 5.33. The van der Waals surface area contributed by atoms with Gasteiger partial charge in [-0.3, -0.25) is 4.79 Å². The molecular formula is C16H12ClF4NO4S. The molecule has 1 N–H and O–H groups in total. The fourth-order valence-corrected chi connectivity index (χ4v) is 2.70. The number of hydrogen-bond donors (Lipinski definition) is 1. The Kier molecular flexibility index (Phi) is 6.01. The first-order valence-electron chi connectivity index (χ1n) is 7.32. The maximum absolute atomic E-state index is 14.0. The van der Waals surface area contributed by atoms with Gasteiger partial charge in [0.1, 0.15) is 5.75 Å². The standard InChI is InChI=1S/C16H12ClF4NO4S/c1-2-27(24,25)22-15(23)9-4-3-5-11(6-9)26-14-12(17)7-10(8-13(14)18)16(19,20)21/h3-8H,2H2,1H3,(H,22,23). The molecule has 2 rings (SSSR count). The molecule has 0 heterocycles. The number of rotatable bonds is 5. The summed E-state index contributed by atoms with van der Waals surface area (Å²) in [4.78, 5) is 11.9. The topological polar surface area (TPSA) is 72.5 Å². The van der Waals surface area contributed by atoms with Gasteiger partial charge in [0.05, 0.1) is 16.3 Å². The van der Waals surface area contributed by atoms with Crippen molar-refractivity contribution in [2.24, 2.45) is 0 Å². The fraction of sp³-hybridized carbons (Fsp3) is 0.188. The number of halogens is 5. The third-order valence-corrected chi connectivity index (χ3v) is 4.81. The number of ether oxygens (including phenoxy) is 1. The number of hydrogen-bond acceptors (Lipinski definition) is 4. The summed E-state index contributed by atoms with van der Waals surface area (Å²) in [6, 6.07) is 5.71. The number of amides is 1. The van der Waals surface area contributed by atoms with Crippen LogP contribution in [0.2, 0.25) is 5.02 Å². The van der Waals surface area contributed by atoms with E-state index in [-0.39, 0.29) is 23.1 Å². The van der Waals surface area contributed by atoms with E-state index in [0.717, 1.165) is 6.07 Å². The van der Waals surface area contributed by atoms with Gasteiger partial charge in [-0.2, -0.15) is 13.2 Å². The quantitative estimate of drug-likeness (QED) is 0.722. The molecule has 5 nitrogen and oxygen atoms in total. The lowest BCUT2D eigenvalue weighted by molar-refractivity contribution is -0.137. The molecule has 0 unspecified atom stereocenters. The Hall–Kier alpha value is -2.33. The summed E-state index contributed by atoms with van der Waals surface area (Å²) in [5.74, 6) is -3.40. The van der Waals surface area contributed by atoms with Gasteiger partial charge in [-0.05, 0) is 37.3 Å². The van der Waals surface area contributed by atoms with E-state index in [1.54, 1.807) is 0 Å². The van der Waals surface area contributed by atoms with Gasteiger partial charge < -0.3 is 4.74 Å². The first-order chi connectivity index (χ1) is 12.4. The van der Waals surface area contributed by atoms with Crippen molar-refractivity contribution in [2.45, 2.75) is 13.1 Å². The van der Waals surface area contributed by atoms with Crippen LogP contribution in [0.4, 0.5) is 17.6 Å². The van der Waals surface area contributed by atoms with E-state index in [9.17, 15) is 30.8 Å². The van der Waals surface area contributed by atoms with Crippen LogP contribution in [0.1, 0.15) is 22.8 Å². The van der Waals surface area contributed by atoms with E-state index in [1.807, 2.05) is 4.72 Å². The zero-order valence-corrected chi connectivity index (χ0v) is 15.2. The highest BCUT2D eigenvalue weighted by Gasteiger charge is 2.32. The van der Waals surface area contributed by atoms with Gasteiger partial charge in [0.25, 0.3) is 5.91 Å². The second-order valence-electron chi connectivity index (χ2n) is 5.23. The van der Waals surface area contributed by atoms with Crippen LogP contribution in [0.25, 0.3) is 0 Å². The van der Waals surface area contributed by atoms with Gasteiger partial charge in [-0.1, -0.05) is 17.7 Å². The summed E-state index contributed by atoms with van der Waals surface area (Å²) in [5.41, 5.74) is -1.40. The minimum atomic E-state index is -4.79. The zero-order chi connectivity index (χ0) is 20.4. The van der Waals surface area contributed by atoms with E-state index < -0.39 is 44.3 Å². The van der Waals surface area contributed by atoms with Crippen molar-refractivity contribution < 1.29 is 35.5 Å². The number of nitrogens with one attached hydrogen (secondary N) is 1. The third-order valence-electron chi connectivity index (χ3n) is 3.27. The van der Waals surface area contributed by atoms with Crippen molar-refractivity contribution in [2.75, 3.05) is 5.75 Å². The SMILES string of the molecule is CCS(=O)(=O)NC(=O)c1cccc(Oc2c(F)cc(C(F)(F)F)cc2Cl)c1. The Bertz CT molecular complexity index is 954. The maximum atomic E-state index is 14.0. The fourth-order valence-electron chi connectivity index (χ4n) is 1.91. The summed E-state index contributed by atoms with van der Waals surface area (Å²) < 4.78 is 81.8. The van der Waals surface area contributed by atoms with Gasteiger partial charge in [0.2, 0.25) is 10.0 Å². The molecule has 0 saturated carbocycles. The molecule has 0 saturated heterocycles. The highest BCUT2D eigenvalue weighted by atomic mass is 35.5. The normalized spacial score (nSPS) is 11.9. The predicted molar refractivity (Wildman–Crippen MR) is 89.9 cm³/mol. The van der Waals surface area contributed by atoms with Crippen molar-refractivity contribution in [3.8, 4) is 11.5 Å². The minimum absolute atomic E-state index is 0.118. The van der Waals surface area contributed by atoms with Crippen molar-refractivity contribution >= 4 is 27.5 Å². The molecule has 11 heteroatoms. The summed E-state index contributed by atoms with van der Waals surface area (Å²) >= 11 is 5.68. The molecule has 0 aliphatic heterocycles. The van der Waals surface area contributed by atoms with Crippen LogP contribution in [-0.2, 0) is 16.2 Å². The molecule has 2 aromatic carbocycles. The molecule has 0 spiro atoms. The summed E-state index contributed by atoms with van der Waals surface area (Å²) in [7, 11) is -3.80. The lowest BCUT2D eigenvalue weighted by Gasteiger charge is -2.13. The van der Waals surface area contributed by atoms with Crippen molar-refractivity contribution in [1.82, 2.24) is 4.72 Å². The maximum Gasteiger partial charge on any atom is 0.416 e. The Labute approximate surface area is 156 Å². The van der Waals surface area contributed by atoms with E-state index in [1.165, 1.54) is 25.1 Å². The molecule has 0 radical (unpaired) electrons. The summed E-state index contributed by atoms with van der Waals surface area (Å²) in [5, 5.41) is -0.620. The molecule has 1 amide bonds. The second kappa shape index (κ2) is 7.73. The second-order valence-corrected chi connectivity index (χ2v) is 7.65. The van der Waals surface area contributed by atoms with Gasteiger partial charge in [-0.15, -0.1) is 0 Å². The van der Waals surface area contributed by atoms with E-state index in [0.29, 0.717) is 6.07 Å². The molecule has 0 bridgehead atoms. The van der Waals surface area contributed by atoms with Crippen LogP contribution in [0, 0.1) is 5.82 Å². The monoisotopic (exact) mass is 425 g/mol. The predicted octanol–water partition coefficient (Wildman–Crippen LogP) is 4.37. The van der Waals surface area contributed by atoms with Gasteiger partial charge in [-0.25, -0.2) is 17.5 Å². The van der Waals surface area contributed by atoms with Gasteiger partial charge in [0, 0.05) is 5.56 Å². The van der Waals surface area contributed by atoms with Gasteiger partial charge >= 0.3 is 6.18 Å². The number of carbonyl (C=O) groups excluding carboxylic acids is 1. The first-order valence-corrected chi connectivity index (χ1v) is 9.35. The molecule has 0 aliphatic rings. The highest BCUT2D eigenvalue weighted by Crippen LogP contribution is 2.38. The van der Waals surface area contributed by atoms with Crippen LogP contribution < -0.4 is 9.46 Å². The summed E-state index contributed by atoms with van der Waals surface area (Å²) in [6.07, 6.45) is -4.79. The molecular weight excluding hydrogens is 414 g/mol. The molecule has 0 fully saturated rings. The lowest BCUT2D eigenvalue weighted by Crippen LogP contribution is -2.31. The molecule has 146 valence electrons. The van der Waals surface area contributed by atoms with Crippen LogP contribution in [0.3, 0.4) is 0 Å². The Morgan fingerprint density at radius 1 is 1.22 bits per heavy atom. The average molecular weight is 426 g/mol. The molecule has 0 aromatic heterocycles. The van der Waals surface area contributed by atoms with E-state index in [2.05, 4.69) is 0 Å². The van der Waals surface area contributed by atoms with E-state index >= 15 is 0 Å². The minimum Gasteiger partial charge on any atom is -0.453 e. The smallest absolute Gasteiger partial charge is 0.416 e.